The molecule has 0 aliphatic rings. The predicted molar refractivity (Wildman–Crippen MR) is 151 cm³/mol. The van der Waals surface area contributed by atoms with Gasteiger partial charge in [0.05, 0.1) is 26.2 Å². The van der Waals surface area contributed by atoms with Crippen LogP contribution in [0.15, 0.2) is 36.4 Å². The lowest BCUT2D eigenvalue weighted by Gasteiger charge is -2.34. The van der Waals surface area contributed by atoms with Crippen molar-refractivity contribution >= 4 is 50.7 Å². The maximum Gasteiger partial charge on any atom is 0.244 e. The van der Waals surface area contributed by atoms with Crippen LogP contribution >= 0.6 is 23.2 Å². The lowest BCUT2D eigenvalue weighted by atomic mass is 10.1. The second-order valence-corrected chi connectivity index (χ2v) is 12.5. The Kier molecular flexibility index (Phi) is 10.7. The molecule has 0 saturated heterocycles. The molecule has 1 N–H and O–H groups in total. The van der Waals surface area contributed by atoms with Gasteiger partial charge in [-0.1, -0.05) is 36.2 Å². The molecule has 9 nitrogen and oxygen atoms in total. The van der Waals surface area contributed by atoms with Crippen LogP contribution in [-0.4, -0.2) is 63.7 Å². The molecule has 0 saturated carbocycles. The zero-order valence-electron chi connectivity index (χ0n) is 22.7. The molecule has 2 aromatic carbocycles. The van der Waals surface area contributed by atoms with Crippen molar-refractivity contribution in [1.29, 1.82) is 0 Å². The minimum Gasteiger partial charge on any atom is -0.493 e. The third-order valence-corrected chi connectivity index (χ3v) is 7.30. The molecular formula is C26H35Cl2N3O6S. The molecule has 0 spiro atoms. The first kappa shape index (κ1) is 31.5. The van der Waals surface area contributed by atoms with Gasteiger partial charge < -0.3 is 19.7 Å². The summed E-state index contributed by atoms with van der Waals surface area (Å²) < 4.78 is 37.2. The summed E-state index contributed by atoms with van der Waals surface area (Å²) in [6.45, 7) is 6.69. The number of nitrogens with zero attached hydrogens (tertiary/aromatic N) is 2. The van der Waals surface area contributed by atoms with Gasteiger partial charge in [0.25, 0.3) is 0 Å². The van der Waals surface area contributed by atoms with E-state index in [1.165, 1.54) is 31.3 Å². The molecule has 0 aliphatic heterocycles. The number of benzene rings is 2. The third-order valence-electron chi connectivity index (χ3n) is 5.57. The fourth-order valence-corrected chi connectivity index (χ4v) is 5.11. The lowest BCUT2D eigenvalue weighted by Crippen LogP contribution is -2.55. The van der Waals surface area contributed by atoms with Gasteiger partial charge in [0.15, 0.2) is 11.5 Å². The van der Waals surface area contributed by atoms with Crippen molar-refractivity contribution in [3.63, 3.8) is 0 Å². The number of carbonyl (C=O) groups is 2. The van der Waals surface area contributed by atoms with E-state index in [2.05, 4.69) is 5.32 Å². The maximum absolute atomic E-state index is 13.8. The number of carbonyl (C=O) groups excluding carboxylic acids is 2. The zero-order valence-corrected chi connectivity index (χ0v) is 25.0. The fourth-order valence-electron chi connectivity index (χ4n) is 3.80. The second kappa shape index (κ2) is 12.9. The molecule has 0 aliphatic carbocycles. The van der Waals surface area contributed by atoms with E-state index < -0.39 is 34.1 Å². The topological polar surface area (TPSA) is 105 Å². The molecule has 1 unspecified atom stereocenters. The third kappa shape index (κ3) is 8.41. The molecule has 2 amide bonds. The summed E-state index contributed by atoms with van der Waals surface area (Å²) in [5.41, 5.74) is 0.217. The van der Waals surface area contributed by atoms with Gasteiger partial charge >= 0.3 is 0 Å². The molecule has 2 aromatic rings. The van der Waals surface area contributed by atoms with Gasteiger partial charge in [0, 0.05) is 28.2 Å². The molecule has 0 bridgehead atoms. The SMILES string of the molecule is CCC(C(=O)NC(C)(C)C)N(Cc1ccc(Cl)cc1Cl)C(=O)CN(c1ccc(OC)c(OC)c1)S(C)(=O)=O. The van der Waals surface area contributed by atoms with Crippen LogP contribution in [0.1, 0.15) is 39.7 Å². The van der Waals surface area contributed by atoms with Gasteiger partial charge in [-0.25, -0.2) is 8.42 Å². The van der Waals surface area contributed by atoms with Gasteiger partial charge in [0.2, 0.25) is 21.8 Å². The number of amides is 2. The molecule has 0 fully saturated rings. The summed E-state index contributed by atoms with van der Waals surface area (Å²) >= 11 is 12.4. The number of hydrogen-bond donors (Lipinski definition) is 1. The van der Waals surface area contributed by atoms with Gasteiger partial charge in [0.1, 0.15) is 12.6 Å². The molecule has 12 heteroatoms. The van der Waals surface area contributed by atoms with E-state index in [-0.39, 0.29) is 24.6 Å². The molecule has 210 valence electrons. The average Bonchev–Trinajstić information content (AvgIpc) is 2.81. The number of anilines is 1. The molecule has 0 radical (unpaired) electrons. The average molecular weight is 589 g/mol. The standard InChI is InChI=1S/C26H35Cl2N3O6S/c1-8-21(25(33)29-26(2,3)4)30(15-17-9-10-18(27)13-20(17)28)24(32)16-31(38(7,34)35)19-11-12-22(36-5)23(14-19)37-6/h9-14,21H,8,15-16H2,1-7H3,(H,29,33). The van der Waals surface area contributed by atoms with Crippen molar-refractivity contribution in [3.05, 3.63) is 52.0 Å². The summed E-state index contributed by atoms with van der Waals surface area (Å²) in [6, 6.07) is 8.49. The van der Waals surface area contributed by atoms with E-state index in [0.29, 0.717) is 27.1 Å². The van der Waals surface area contributed by atoms with E-state index in [0.717, 1.165) is 10.6 Å². The van der Waals surface area contributed by atoms with Crippen LogP contribution in [0.3, 0.4) is 0 Å². The Hall–Kier alpha value is -2.69. The number of rotatable bonds is 11. The van der Waals surface area contributed by atoms with Crippen LogP contribution in [0, 0.1) is 0 Å². The Morgan fingerprint density at radius 2 is 1.66 bits per heavy atom. The summed E-state index contributed by atoms with van der Waals surface area (Å²) in [4.78, 5) is 28.4. The van der Waals surface area contributed by atoms with Gasteiger partial charge in [-0.15, -0.1) is 0 Å². The largest absolute Gasteiger partial charge is 0.493 e. The van der Waals surface area contributed by atoms with E-state index in [4.69, 9.17) is 32.7 Å². The van der Waals surface area contributed by atoms with Gasteiger partial charge in [-0.2, -0.15) is 0 Å². The highest BCUT2D eigenvalue weighted by molar-refractivity contribution is 7.92. The zero-order chi connectivity index (χ0) is 28.8. The van der Waals surface area contributed by atoms with Crippen molar-refractivity contribution in [2.75, 3.05) is 31.3 Å². The normalized spacial score (nSPS) is 12.4. The van der Waals surface area contributed by atoms with Crippen molar-refractivity contribution in [2.45, 2.75) is 52.2 Å². The van der Waals surface area contributed by atoms with Crippen LogP contribution in [0.4, 0.5) is 5.69 Å². The van der Waals surface area contributed by atoms with E-state index >= 15 is 0 Å². The van der Waals surface area contributed by atoms with Crippen LogP contribution in [0.25, 0.3) is 0 Å². The maximum atomic E-state index is 13.8. The Morgan fingerprint density at radius 3 is 2.16 bits per heavy atom. The second-order valence-electron chi connectivity index (χ2n) is 9.73. The number of nitrogens with one attached hydrogen (secondary N) is 1. The predicted octanol–water partition coefficient (Wildman–Crippen LogP) is 4.50. The summed E-state index contributed by atoms with van der Waals surface area (Å²) in [6.07, 6.45) is 1.29. The monoisotopic (exact) mass is 587 g/mol. The van der Waals surface area contributed by atoms with Crippen molar-refractivity contribution in [1.82, 2.24) is 10.2 Å². The van der Waals surface area contributed by atoms with Crippen molar-refractivity contribution in [2.24, 2.45) is 0 Å². The lowest BCUT2D eigenvalue weighted by molar-refractivity contribution is -0.141. The van der Waals surface area contributed by atoms with Gasteiger partial charge in [-0.3, -0.25) is 13.9 Å². The molecule has 0 aromatic heterocycles. The van der Waals surface area contributed by atoms with Crippen LogP contribution in [0.2, 0.25) is 10.0 Å². The summed E-state index contributed by atoms with van der Waals surface area (Å²) in [5, 5.41) is 3.65. The molecule has 0 heterocycles. The fraction of sp³-hybridized carbons (Fsp3) is 0.462. The number of halogens is 2. The van der Waals surface area contributed by atoms with Crippen molar-refractivity contribution < 1.29 is 27.5 Å². The Labute approximate surface area is 235 Å². The first-order valence-corrected chi connectivity index (χ1v) is 14.5. The molecule has 1 atom stereocenters. The van der Waals surface area contributed by atoms with Crippen LogP contribution in [0.5, 0.6) is 11.5 Å². The molecule has 2 rings (SSSR count). The van der Waals surface area contributed by atoms with Crippen LogP contribution < -0.4 is 19.1 Å². The summed E-state index contributed by atoms with van der Waals surface area (Å²) in [5.74, 6) is -0.255. The Balaban J connectivity index is 2.54. The number of sulfonamides is 1. The Bertz CT molecular complexity index is 1260. The first-order valence-electron chi connectivity index (χ1n) is 11.9. The number of ether oxygens (including phenoxy) is 2. The Morgan fingerprint density at radius 1 is 1.03 bits per heavy atom. The van der Waals surface area contributed by atoms with Crippen molar-refractivity contribution in [3.8, 4) is 11.5 Å². The minimum absolute atomic E-state index is 0.0333. The summed E-state index contributed by atoms with van der Waals surface area (Å²) in [7, 11) is -1.03. The highest BCUT2D eigenvalue weighted by Gasteiger charge is 2.33. The van der Waals surface area contributed by atoms with Gasteiger partial charge in [-0.05, 0) is 57.0 Å². The van der Waals surface area contributed by atoms with Crippen LogP contribution in [-0.2, 0) is 26.2 Å². The quantitative estimate of drug-likeness (QED) is 0.415. The highest BCUT2D eigenvalue weighted by Crippen LogP contribution is 2.32. The highest BCUT2D eigenvalue weighted by atomic mass is 35.5. The van der Waals surface area contributed by atoms with E-state index in [1.807, 2.05) is 20.8 Å². The van der Waals surface area contributed by atoms with E-state index in [1.54, 1.807) is 31.2 Å². The molecule has 38 heavy (non-hydrogen) atoms. The number of methoxy groups -OCH3 is 2. The first-order chi connectivity index (χ1) is 17.6. The number of hydrogen-bond acceptors (Lipinski definition) is 6. The van der Waals surface area contributed by atoms with E-state index in [9.17, 15) is 18.0 Å². The minimum atomic E-state index is -3.91. The smallest absolute Gasteiger partial charge is 0.244 e. The molecular weight excluding hydrogens is 553 g/mol.